The van der Waals surface area contributed by atoms with Crippen LogP contribution in [0.5, 0.6) is 0 Å². The smallest absolute Gasteiger partial charge is 0.287 e. The highest BCUT2D eigenvalue weighted by atomic mass is 16.3. The molecule has 1 amide bonds. The first-order valence-corrected chi connectivity index (χ1v) is 6.07. The summed E-state index contributed by atoms with van der Waals surface area (Å²) >= 11 is 0. The number of furan rings is 1. The molecule has 0 spiro atoms. The summed E-state index contributed by atoms with van der Waals surface area (Å²) in [5.74, 6) is 0.241. The Morgan fingerprint density at radius 1 is 1.39 bits per heavy atom. The van der Waals surface area contributed by atoms with Crippen LogP contribution in [-0.2, 0) is 0 Å². The molecule has 96 valence electrons. The fraction of sp³-hybridized carbons (Fsp3) is 0.357. The summed E-state index contributed by atoms with van der Waals surface area (Å²) in [5.41, 5.74) is 1.64. The number of likely N-dealkylation sites (N-methyl/N-ethyl adjacent to an activating group) is 1. The van der Waals surface area contributed by atoms with E-state index in [0.717, 1.165) is 16.5 Å². The summed E-state index contributed by atoms with van der Waals surface area (Å²) in [5, 5.41) is 6.91. The van der Waals surface area contributed by atoms with Gasteiger partial charge in [0.2, 0.25) is 0 Å². The lowest BCUT2D eigenvalue weighted by Gasteiger charge is -2.10. The van der Waals surface area contributed by atoms with E-state index >= 15 is 0 Å². The number of benzene rings is 1. The van der Waals surface area contributed by atoms with E-state index in [2.05, 4.69) is 10.6 Å². The third-order valence-electron chi connectivity index (χ3n) is 3.11. The lowest BCUT2D eigenvalue weighted by molar-refractivity contribution is 0.0924. The van der Waals surface area contributed by atoms with E-state index in [1.54, 1.807) is 0 Å². The van der Waals surface area contributed by atoms with Crippen molar-refractivity contribution in [3.8, 4) is 0 Å². The molecule has 2 rings (SSSR count). The largest absolute Gasteiger partial charge is 0.451 e. The van der Waals surface area contributed by atoms with Crippen molar-refractivity contribution >= 4 is 16.9 Å². The molecule has 18 heavy (non-hydrogen) atoms. The highest BCUT2D eigenvalue weighted by Gasteiger charge is 2.17. The van der Waals surface area contributed by atoms with Crippen molar-refractivity contribution in [3.63, 3.8) is 0 Å². The molecule has 0 aliphatic carbocycles. The summed E-state index contributed by atoms with van der Waals surface area (Å²) in [4.78, 5) is 12.0. The number of rotatable bonds is 4. The van der Waals surface area contributed by atoms with Gasteiger partial charge in [-0.05, 0) is 27.0 Å². The summed E-state index contributed by atoms with van der Waals surface area (Å²) in [6.07, 6.45) is 0. The molecule has 0 radical (unpaired) electrons. The summed E-state index contributed by atoms with van der Waals surface area (Å²) in [7, 11) is 1.86. The first kappa shape index (κ1) is 12.6. The fourth-order valence-corrected chi connectivity index (χ4v) is 1.82. The summed E-state index contributed by atoms with van der Waals surface area (Å²) in [6.45, 7) is 4.49. The Morgan fingerprint density at radius 3 is 2.78 bits per heavy atom. The minimum absolute atomic E-state index is 0.161. The van der Waals surface area contributed by atoms with E-state index in [4.69, 9.17) is 4.42 Å². The van der Waals surface area contributed by atoms with Gasteiger partial charge < -0.3 is 15.1 Å². The molecule has 2 aromatic rings. The van der Waals surface area contributed by atoms with Crippen LogP contribution in [0.1, 0.15) is 23.0 Å². The average molecular weight is 246 g/mol. The number of aryl methyl sites for hydroxylation is 1. The number of para-hydroxylation sites is 1. The van der Waals surface area contributed by atoms with Gasteiger partial charge in [-0.1, -0.05) is 18.2 Å². The normalized spacial score (nSPS) is 12.6. The van der Waals surface area contributed by atoms with Crippen LogP contribution in [0.15, 0.2) is 28.7 Å². The van der Waals surface area contributed by atoms with E-state index in [-0.39, 0.29) is 11.9 Å². The van der Waals surface area contributed by atoms with Crippen molar-refractivity contribution in [2.45, 2.75) is 19.9 Å². The fourth-order valence-electron chi connectivity index (χ4n) is 1.82. The molecule has 1 atom stereocenters. The third-order valence-corrected chi connectivity index (χ3v) is 3.11. The minimum atomic E-state index is -0.161. The van der Waals surface area contributed by atoms with Crippen LogP contribution in [0.2, 0.25) is 0 Å². The molecule has 1 aromatic carbocycles. The highest BCUT2D eigenvalue weighted by Crippen LogP contribution is 2.24. The highest BCUT2D eigenvalue weighted by molar-refractivity contribution is 5.98. The predicted molar refractivity (Wildman–Crippen MR) is 71.8 cm³/mol. The van der Waals surface area contributed by atoms with Crippen LogP contribution in [0.25, 0.3) is 11.0 Å². The van der Waals surface area contributed by atoms with Crippen molar-refractivity contribution in [1.82, 2.24) is 10.6 Å². The number of hydrogen-bond acceptors (Lipinski definition) is 3. The summed E-state index contributed by atoms with van der Waals surface area (Å²) < 4.78 is 5.59. The van der Waals surface area contributed by atoms with Crippen LogP contribution >= 0.6 is 0 Å². The Bertz CT molecular complexity index is 560. The van der Waals surface area contributed by atoms with Crippen LogP contribution < -0.4 is 10.6 Å². The van der Waals surface area contributed by atoms with Crippen LogP contribution in [-0.4, -0.2) is 25.5 Å². The van der Waals surface area contributed by atoms with Gasteiger partial charge in [-0.2, -0.15) is 0 Å². The van der Waals surface area contributed by atoms with E-state index in [1.807, 2.05) is 45.2 Å². The van der Waals surface area contributed by atoms with Crippen molar-refractivity contribution in [1.29, 1.82) is 0 Å². The molecule has 0 saturated carbocycles. The van der Waals surface area contributed by atoms with Crippen molar-refractivity contribution in [2.75, 3.05) is 13.6 Å². The molecule has 0 bridgehead atoms. The number of carbonyl (C=O) groups is 1. The monoisotopic (exact) mass is 246 g/mol. The lowest BCUT2D eigenvalue weighted by Crippen LogP contribution is -2.37. The Kier molecular flexibility index (Phi) is 3.67. The molecule has 1 unspecified atom stereocenters. The van der Waals surface area contributed by atoms with Gasteiger partial charge in [0.15, 0.2) is 5.76 Å². The molecule has 1 heterocycles. The number of fused-ring (bicyclic) bond motifs is 1. The van der Waals surface area contributed by atoms with E-state index < -0.39 is 0 Å². The molecule has 4 heteroatoms. The second kappa shape index (κ2) is 5.23. The molecular formula is C14H18N2O2. The molecule has 0 aliphatic rings. The SMILES string of the molecule is CNC(C)CNC(=O)c1oc2ccccc2c1C. The summed E-state index contributed by atoms with van der Waals surface area (Å²) in [6, 6.07) is 7.90. The zero-order valence-electron chi connectivity index (χ0n) is 10.9. The van der Waals surface area contributed by atoms with Gasteiger partial charge in [-0.15, -0.1) is 0 Å². The van der Waals surface area contributed by atoms with Gasteiger partial charge in [0.25, 0.3) is 5.91 Å². The second-order valence-electron chi connectivity index (χ2n) is 4.45. The van der Waals surface area contributed by atoms with Crippen molar-refractivity contribution in [3.05, 3.63) is 35.6 Å². The predicted octanol–water partition coefficient (Wildman–Crippen LogP) is 2.08. The van der Waals surface area contributed by atoms with E-state index in [1.165, 1.54) is 0 Å². The zero-order valence-corrected chi connectivity index (χ0v) is 10.9. The number of carbonyl (C=O) groups excluding carboxylic acids is 1. The molecule has 0 aliphatic heterocycles. The second-order valence-corrected chi connectivity index (χ2v) is 4.45. The topological polar surface area (TPSA) is 54.3 Å². The Hall–Kier alpha value is -1.81. The first-order chi connectivity index (χ1) is 8.63. The van der Waals surface area contributed by atoms with Gasteiger partial charge in [0, 0.05) is 23.5 Å². The van der Waals surface area contributed by atoms with Gasteiger partial charge in [0.1, 0.15) is 5.58 Å². The molecule has 0 fully saturated rings. The maximum absolute atomic E-state index is 12.0. The minimum Gasteiger partial charge on any atom is -0.451 e. The number of nitrogens with one attached hydrogen (secondary N) is 2. The molecule has 0 saturated heterocycles. The van der Waals surface area contributed by atoms with Gasteiger partial charge in [-0.25, -0.2) is 0 Å². The van der Waals surface area contributed by atoms with Crippen molar-refractivity contribution < 1.29 is 9.21 Å². The number of amides is 1. The van der Waals surface area contributed by atoms with Crippen LogP contribution in [0.3, 0.4) is 0 Å². The van der Waals surface area contributed by atoms with Gasteiger partial charge in [0.05, 0.1) is 0 Å². The standard InChI is InChI=1S/C14H18N2O2/c1-9(15-3)8-16-14(17)13-10(2)11-6-4-5-7-12(11)18-13/h4-7,9,15H,8H2,1-3H3,(H,16,17). The Labute approximate surface area is 106 Å². The van der Waals surface area contributed by atoms with Gasteiger partial charge >= 0.3 is 0 Å². The average Bonchev–Trinajstić information content (AvgIpc) is 2.73. The Morgan fingerprint density at radius 2 is 2.11 bits per heavy atom. The zero-order chi connectivity index (χ0) is 13.1. The van der Waals surface area contributed by atoms with Crippen LogP contribution in [0.4, 0.5) is 0 Å². The third kappa shape index (κ3) is 2.38. The molecule has 2 N–H and O–H groups in total. The molecular weight excluding hydrogens is 228 g/mol. The molecule has 4 nitrogen and oxygen atoms in total. The maximum Gasteiger partial charge on any atom is 0.287 e. The van der Waals surface area contributed by atoms with Gasteiger partial charge in [-0.3, -0.25) is 4.79 Å². The number of hydrogen-bond donors (Lipinski definition) is 2. The van der Waals surface area contributed by atoms with Crippen molar-refractivity contribution in [2.24, 2.45) is 0 Å². The lowest BCUT2D eigenvalue weighted by atomic mass is 10.1. The first-order valence-electron chi connectivity index (χ1n) is 6.07. The Balaban J connectivity index is 2.20. The van der Waals surface area contributed by atoms with E-state index in [9.17, 15) is 4.79 Å². The van der Waals surface area contributed by atoms with Crippen LogP contribution in [0, 0.1) is 6.92 Å². The van der Waals surface area contributed by atoms with E-state index in [0.29, 0.717) is 12.3 Å². The molecule has 1 aromatic heterocycles. The quantitative estimate of drug-likeness (QED) is 0.868. The maximum atomic E-state index is 12.0.